The van der Waals surface area contributed by atoms with E-state index in [4.69, 9.17) is 4.74 Å². The van der Waals surface area contributed by atoms with Gasteiger partial charge in [0.2, 0.25) is 5.43 Å². The Morgan fingerprint density at radius 3 is 2.95 bits per heavy atom. The lowest BCUT2D eigenvalue weighted by molar-refractivity contribution is 0.0524. The number of carbonyl (C=O) groups is 1. The molecule has 1 unspecified atom stereocenters. The highest BCUT2D eigenvalue weighted by Gasteiger charge is 2.24. The van der Waals surface area contributed by atoms with Crippen molar-refractivity contribution in [2.24, 2.45) is 0 Å². The number of hydrogen-bond donors (Lipinski definition) is 0. The number of rotatable bonds is 2. The molecule has 4 nitrogen and oxygen atoms in total. The molecule has 21 heavy (non-hydrogen) atoms. The molecular formula is C16H16BrNO3. The molecule has 2 aromatic rings. The van der Waals surface area contributed by atoms with Crippen LogP contribution in [0.15, 0.2) is 27.6 Å². The third-order valence-corrected chi connectivity index (χ3v) is 4.77. The van der Waals surface area contributed by atoms with Crippen molar-refractivity contribution in [2.75, 3.05) is 6.61 Å². The first-order valence-electron chi connectivity index (χ1n) is 7.08. The number of esters is 1. The second-order valence-corrected chi connectivity index (χ2v) is 6.16. The van der Waals surface area contributed by atoms with Gasteiger partial charge in [-0.05, 0) is 44.4 Å². The highest BCUT2D eigenvalue weighted by molar-refractivity contribution is 9.10. The van der Waals surface area contributed by atoms with Gasteiger partial charge in [-0.2, -0.15) is 0 Å². The topological polar surface area (TPSA) is 48.3 Å². The van der Waals surface area contributed by atoms with Gasteiger partial charge in [-0.1, -0.05) is 15.9 Å². The lowest BCUT2D eigenvalue weighted by Gasteiger charge is -2.27. The molecule has 0 radical (unpaired) electrons. The van der Waals surface area contributed by atoms with Gasteiger partial charge >= 0.3 is 5.97 Å². The Morgan fingerprint density at radius 1 is 1.48 bits per heavy atom. The number of benzene rings is 1. The summed E-state index contributed by atoms with van der Waals surface area (Å²) in [4.78, 5) is 24.6. The Morgan fingerprint density at radius 2 is 2.24 bits per heavy atom. The normalized spacial score (nSPS) is 17.0. The van der Waals surface area contributed by atoms with Crippen molar-refractivity contribution >= 4 is 32.8 Å². The molecule has 0 N–H and O–H groups in total. The Balaban J connectivity index is 2.37. The molecule has 0 amide bonds. The zero-order chi connectivity index (χ0) is 15.1. The summed E-state index contributed by atoms with van der Waals surface area (Å²) in [5.41, 5.74) is 1.94. The van der Waals surface area contributed by atoms with Gasteiger partial charge in [0, 0.05) is 22.1 Å². The first-order chi connectivity index (χ1) is 10.0. The summed E-state index contributed by atoms with van der Waals surface area (Å²) in [5, 5.41) is 0.588. The number of aryl methyl sites for hydroxylation is 1. The highest BCUT2D eigenvalue weighted by atomic mass is 79.9. The van der Waals surface area contributed by atoms with Crippen LogP contribution in [0.1, 0.15) is 42.2 Å². The number of carbonyl (C=O) groups excluding carboxylic acids is 1. The number of nitrogens with zero attached hydrogens (tertiary/aromatic N) is 1. The van der Waals surface area contributed by atoms with E-state index in [1.165, 1.54) is 0 Å². The standard InChI is InChI=1S/C16H16BrNO3/c1-3-21-16(20)12-8-18-9(2)4-5-10-13(17)7-6-11(14(10)18)15(12)19/h6-9H,3-5H2,1-2H3. The van der Waals surface area contributed by atoms with E-state index < -0.39 is 5.97 Å². The fourth-order valence-electron chi connectivity index (χ4n) is 2.93. The monoisotopic (exact) mass is 349 g/mol. The number of halogens is 1. The van der Waals surface area contributed by atoms with E-state index in [0.29, 0.717) is 5.39 Å². The predicted molar refractivity (Wildman–Crippen MR) is 84.9 cm³/mol. The van der Waals surface area contributed by atoms with Crippen LogP contribution in [0.5, 0.6) is 0 Å². The molecule has 3 rings (SSSR count). The van der Waals surface area contributed by atoms with Crippen LogP contribution in [-0.2, 0) is 11.2 Å². The molecule has 2 heterocycles. The van der Waals surface area contributed by atoms with Crippen LogP contribution in [0.4, 0.5) is 0 Å². The highest BCUT2D eigenvalue weighted by Crippen LogP contribution is 2.34. The lowest BCUT2D eigenvalue weighted by Crippen LogP contribution is -2.25. The number of aromatic nitrogens is 1. The van der Waals surface area contributed by atoms with Crippen LogP contribution in [-0.4, -0.2) is 17.1 Å². The minimum absolute atomic E-state index is 0.117. The van der Waals surface area contributed by atoms with E-state index in [-0.39, 0.29) is 23.6 Å². The second-order valence-electron chi connectivity index (χ2n) is 5.31. The maximum Gasteiger partial charge on any atom is 0.343 e. The molecule has 1 atom stereocenters. The van der Waals surface area contributed by atoms with Crippen LogP contribution >= 0.6 is 15.9 Å². The molecule has 0 bridgehead atoms. The largest absolute Gasteiger partial charge is 0.462 e. The average molecular weight is 350 g/mol. The molecule has 0 fully saturated rings. The van der Waals surface area contributed by atoms with E-state index >= 15 is 0 Å². The predicted octanol–water partition coefficient (Wildman–Crippen LogP) is 3.45. The van der Waals surface area contributed by atoms with E-state index in [1.807, 2.05) is 10.6 Å². The van der Waals surface area contributed by atoms with Crippen LogP contribution in [0.3, 0.4) is 0 Å². The molecule has 110 valence electrons. The third kappa shape index (κ3) is 2.20. The Bertz CT molecular complexity index is 794. The van der Waals surface area contributed by atoms with Crippen molar-refractivity contribution in [3.05, 3.63) is 44.2 Å². The van der Waals surface area contributed by atoms with Crippen molar-refractivity contribution < 1.29 is 9.53 Å². The minimum Gasteiger partial charge on any atom is -0.462 e. The molecule has 1 aromatic carbocycles. The molecular weight excluding hydrogens is 334 g/mol. The van der Waals surface area contributed by atoms with Gasteiger partial charge in [0.1, 0.15) is 5.56 Å². The molecule has 0 saturated heterocycles. The van der Waals surface area contributed by atoms with Crippen LogP contribution < -0.4 is 5.43 Å². The number of ether oxygens (including phenoxy) is 1. The van der Waals surface area contributed by atoms with Gasteiger partial charge in [-0.15, -0.1) is 0 Å². The average Bonchev–Trinajstić information content (AvgIpc) is 2.46. The molecule has 1 aliphatic heterocycles. The quantitative estimate of drug-likeness (QED) is 0.780. The summed E-state index contributed by atoms with van der Waals surface area (Å²) < 4.78 is 8.05. The zero-order valence-corrected chi connectivity index (χ0v) is 13.6. The summed E-state index contributed by atoms with van der Waals surface area (Å²) in [6.45, 7) is 4.10. The van der Waals surface area contributed by atoms with Crippen LogP contribution in [0.25, 0.3) is 10.9 Å². The summed E-state index contributed by atoms with van der Waals surface area (Å²) in [6.07, 6.45) is 3.57. The fraction of sp³-hybridized carbons (Fsp3) is 0.375. The van der Waals surface area contributed by atoms with Gasteiger partial charge in [-0.3, -0.25) is 4.79 Å². The number of pyridine rings is 1. The first-order valence-corrected chi connectivity index (χ1v) is 7.87. The summed E-state index contributed by atoms with van der Waals surface area (Å²) >= 11 is 3.56. The third-order valence-electron chi connectivity index (χ3n) is 4.02. The van der Waals surface area contributed by atoms with Gasteiger partial charge in [0.05, 0.1) is 12.1 Å². The second kappa shape index (κ2) is 5.30. The molecule has 0 spiro atoms. The van der Waals surface area contributed by atoms with Crippen molar-refractivity contribution in [1.82, 2.24) is 4.57 Å². The van der Waals surface area contributed by atoms with E-state index in [2.05, 4.69) is 22.9 Å². The summed E-state index contributed by atoms with van der Waals surface area (Å²) in [5.74, 6) is -0.546. The van der Waals surface area contributed by atoms with Gasteiger partial charge in [0.15, 0.2) is 0 Å². The minimum atomic E-state index is -0.546. The molecule has 1 aliphatic rings. The van der Waals surface area contributed by atoms with E-state index in [1.54, 1.807) is 19.2 Å². The maximum absolute atomic E-state index is 12.6. The molecule has 0 aliphatic carbocycles. The lowest BCUT2D eigenvalue weighted by atomic mass is 9.96. The summed E-state index contributed by atoms with van der Waals surface area (Å²) in [6, 6.07) is 3.92. The Hall–Kier alpha value is -1.62. The Labute approximate surface area is 130 Å². The molecule has 0 saturated carbocycles. The van der Waals surface area contributed by atoms with E-state index in [0.717, 1.165) is 28.4 Å². The van der Waals surface area contributed by atoms with Crippen molar-refractivity contribution in [2.45, 2.75) is 32.7 Å². The molecule has 1 aromatic heterocycles. The smallest absolute Gasteiger partial charge is 0.343 e. The van der Waals surface area contributed by atoms with Gasteiger partial charge in [0.25, 0.3) is 0 Å². The maximum atomic E-state index is 12.6. The summed E-state index contributed by atoms with van der Waals surface area (Å²) in [7, 11) is 0. The van der Waals surface area contributed by atoms with Crippen molar-refractivity contribution in [3.8, 4) is 0 Å². The first kappa shape index (κ1) is 14.3. The van der Waals surface area contributed by atoms with Gasteiger partial charge in [-0.25, -0.2) is 4.79 Å². The van der Waals surface area contributed by atoms with Crippen molar-refractivity contribution in [3.63, 3.8) is 0 Å². The van der Waals surface area contributed by atoms with Crippen LogP contribution in [0, 0.1) is 0 Å². The SMILES string of the molecule is CCOC(=O)c1cn2c3c(c(Br)ccc3c1=O)CCC2C. The fourth-order valence-corrected chi connectivity index (χ4v) is 3.45. The van der Waals surface area contributed by atoms with Crippen molar-refractivity contribution in [1.29, 1.82) is 0 Å². The van der Waals surface area contributed by atoms with Gasteiger partial charge < -0.3 is 9.30 Å². The Kier molecular flexibility index (Phi) is 3.61. The zero-order valence-electron chi connectivity index (χ0n) is 12.0. The van der Waals surface area contributed by atoms with E-state index in [9.17, 15) is 9.59 Å². The number of hydrogen-bond acceptors (Lipinski definition) is 3. The molecule has 5 heteroatoms. The van der Waals surface area contributed by atoms with Crippen LogP contribution in [0.2, 0.25) is 0 Å².